The molecule has 1 saturated carbocycles. The van der Waals surface area contributed by atoms with Gasteiger partial charge in [-0.25, -0.2) is 0 Å². The lowest BCUT2D eigenvalue weighted by molar-refractivity contribution is 0.0362. The molecule has 1 aliphatic heterocycles. The Morgan fingerprint density at radius 1 is 0.947 bits per heavy atom. The van der Waals surface area contributed by atoms with Crippen LogP contribution >= 0.6 is 11.6 Å². The van der Waals surface area contributed by atoms with Gasteiger partial charge < -0.3 is 5.32 Å². The first kappa shape index (κ1) is 13.4. The molecule has 0 amide bonds. The lowest BCUT2D eigenvalue weighted by Crippen LogP contribution is -2.55. The number of hydrogen-bond donors (Lipinski definition) is 1. The average molecular weight is 279 g/mol. The van der Waals surface area contributed by atoms with E-state index in [2.05, 4.69) is 34.5 Å². The summed E-state index contributed by atoms with van der Waals surface area (Å²) in [5.74, 6) is 0. The van der Waals surface area contributed by atoms with Gasteiger partial charge in [-0.2, -0.15) is 0 Å². The van der Waals surface area contributed by atoms with Crippen molar-refractivity contribution in [2.75, 3.05) is 26.2 Å². The number of piperazine rings is 1. The van der Waals surface area contributed by atoms with Gasteiger partial charge in [-0.15, -0.1) is 0 Å². The molecule has 0 unspecified atom stereocenters. The SMILES string of the molecule is Clc1ccc(C2(N3CCNCC3)CCCCC2)cc1. The zero-order chi connectivity index (χ0) is 13.1. The molecule has 2 fully saturated rings. The number of halogens is 1. The maximum absolute atomic E-state index is 6.06. The van der Waals surface area contributed by atoms with Crippen LogP contribution in [0.1, 0.15) is 37.7 Å². The van der Waals surface area contributed by atoms with Crippen LogP contribution in [0.25, 0.3) is 0 Å². The van der Waals surface area contributed by atoms with Gasteiger partial charge in [-0.1, -0.05) is 43.0 Å². The summed E-state index contributed by atoms with van der Waals surface area (Å²) in [7, 11) is 0. The summed E-state index contributed by atoms with van der Waals surface area (Å²) >= 11 is 6.06. The Bertz CT molecular complexity index is 403. The van der Waals surface area contributed by atoms with E-state index in [1.165, 1.54) is 50.8 Å². The van der Waals surface area contributed by atoms with E-state index in [1.54, 1.807) is 0 Å². The van der Waals surface area contributed by atoms with Crippen molar-refractivity contribution in [2.45, 2.75) is 37.6 Å². The normalized spacial score (nSPS) is 24.3. The molecule has 1 aromatic rings. The van der Waals surface area contributed by atoms with Crippen LogP contribution in [0.15, 0.2) is 24.3 Å². The number of nitrogens with zero attached hydrogens (tertiary/aromatic N) is 1. The molecule has 1 aromatic carbocycles. The van der Waals surface area contributed by atoms with Gasteiger partial charge in [0.05, 0.1) is 0 Å². The summed E-state index contributed by atoms with van der Waals surface area (Å²) < 4.78 is 0. The number of nitrogens with one attached hydrogen (secondary N) is 1. The fourth-order valence-electron chi connectivity index (χ4n) is 3.78. The summed E-state index contributed by atoms with van der Waals surface area (Å²) in [5, 5.41) is 4.31. The van der Waals surface area contributed by atoms with E-state index < -0.39 is 0 Å². The van der Waals surface area contributed by atoms with Gasteiger partial charge in [-0.3, -0.25) is 4.90 Å². The molecule has 0 bridgehead atoms. The van der Waals surface area contributed by atoms with E-state index in [0.717, 1.165) is 18.1 Å². The molecule has 3 heteroatoms. The minimum Gasteiger partial charge on any atom is -0.314 e. The van der Waals surface area contributed by atoms with Crippen molar-refractivity contribution in [1.29, 1.82) is 0 Å². The lowest BCUT2D eigenvalue weighted by atomic mass is 9.75. The van der Waals surface area contributed by atoms with Crippen molar-refractivity contribution in [3.63, 3.8) is 0 Å². The van der Waals surface area contributed by atoms with Crippen molar-refractivity contribution in [1.82, 2.24) is 10.2 Å². The Labute approximate surface area is 121 Å². The predicted octanol–water partition coefficient (Wildman–Crippen LogP) is 3.40. The maximum atomic E-state index is 6.06. The Morgan fingerprint density at radius 2 is 1.58 bits per heavy atom. The molecule has 1 aliphatic carbocycles. The predicted molar refractivity (Wildman–Crippen MR) is 80.7 cm³/mol. The Balaban J connectivity index is 1.93. The third-order valence-corrected chi connectivity index (χ3v) is 5.04. The van der Waals surface area contributed by atoms with E-state index in [0.29, 0.717) is 0 Å². The molecule has 0 radical (unpaired) electrons. The minimum atomic E-state index is 0.269. The summed E-state index contributed by atoms with van der Waals surface area (Å²) in [6.07, 6.45) is 6.70. The molecule has 1 heterocycles. The minimum absolute atomic E-state index is 0.269. The molecule has 1 saturated heterocycles. The zero-order valence-electron chi connectivity index (χ0n) is 11.5. The number of benzene rings is 1. The second-order valence-electron chi connectivity index (χ2n) is 5.84. The molecule has 2 nitrogen and oxygen atoms in total. The van der Waals surface area contributed by atoms with Crippen molar-refractivity contribution in [3.05, 3.63) is 34.9 Å². The number of hydrogen-bond acceptors (Lipinski definition) is 2. The topological polar surface area (TPSA) is 15.3 Å². The highest BCUT2D eigenvalue weighted by Gasteiger charge is 2.39. The Kier molecular flexibility index (Phi) is 4.11. The van der Waals surface area contributed by atoms with Crippen LogP contribution in [-0.4, -0.2) is 31.1 Å². The smallest absolute Gasteiger partial charge is 0.0461 e. The first-order valence-electron chi connectivity index (χ1n) is 7.53. The molecule has 3 rings (SSSR count). The Hall–Kier alpha value is -0.570. The van der Waals surface area contributed by atoms with Crippen LogP contribution in [0.2, 0.25) is 5.02 Å². The van der Waals surface area contributed by atoms with Gasteiger partial charge in [0.25, 0.3) is 0 Å². The van der Waals surface area contributed by atoms with Crippen LogP contribution in [0, 0.1) is 0 Å². The second-order valence-corrected chi connectivity index (χ2v) is 6.27. The molecule has 0 aromatic heterocycles. The standard InChI is InChI=1S/C16H23ClN2/c17-15-6-4-14(5-7-15)16(8-2-1-3-9-16)19-12-10-18-11-13-19/h4-7,18H,1-3,8-13H2. The monoisotopic (exact) mass is 278 g/mol. The molecule has 1 N–H and O–H groups in total. The van der Waals surface area contributed by atoms with E-state index >= 15 is 0 Å². The largest absolute Gasteiger partial charge is 0.314 e. The quantitative estimate of drug-likeness (QED) is 0.892. The zero-order valence-corrected chi connectivity index (χ0v) is 12.3. The van der Waals surface area contributed by atoms with E-state index in [9.17, 15) is 0 Å². The highest BCUT2D eigenvalue weighted by Crippen LogP contribution is 2.42. The maximum Gasteiger partial charge on any atom is 0.0461 e. The van der Waals surface area contributed by atoms with Gasteiger partial charge in [0.1, 0.15) is 0 Å². The second kappa shape index (κ2) is 5.82. The van der Waals surface area contributed by atoms with Gasteiger partial charge >= 0.3 is 0 Å². The highest BCUT2D eigenvalue weighted by atomic mass is 35.5. The van der Waals surface area contributed by atoms with Gasteiger partial charge in [0, 0.05) is 36.7 Å². The third-order valence-electron chi connectivity index (χ3n) is 4.78. The molecular weight excluding hydrogens is 256 g/mol. The first-order chi connectivity index (χ1) is 9.31. The van der Waals surface area contributed by atoms with Crippen LogP contribution in [0.4, 0.5) is 0 Å². The number of rotatable bonds is 2. The van der Waals surface area contributed by atoms with Crippen LogP contribution in [0.5, 0.6) is 0 Å². The molecule has 104 valence electrons. The molecule has 0 spiro atoms. The van der Waals surface area contributed by atoms with Gasteiger partial charge in [0.2, 0.25) is 0 Å². The summed E-state index contributed by atoms with van der Waals surface area (Å²) in [4.78, 5) is 2.71. The van der Waals surface area contributed by atoms with Gasteiger partial charge in [0.15, 0.2) is 0 Å². The first-order valence-corrected chi connectivity index (χ1v) is 7.91. The van der Waals surface area contributed by atoms with Crippen LogP contribution in [0.3, 0.4) is 0 Å². The average Bonchev–Trinajstić information content (AvgIpc) is 2.49. The van der Waals surface area contributed by atoms with Crippen LogP contribution in [-0.2, 0) is 5.54 Å². The molecule has 19 heavy (non-hydrogen) atoms. The van der Waals surface area contributed by atoms with Crippen molar-refractivity contribution in [3.8, 4) is 0 Å². The van der Waals surface area contributed by atoms with Crippen LogP contribution < -0.4 is 5.32 Å². The van der Waals surface area contributed by atoms with E-state index in [1.807, 2.05) is 0 Å². The highest BCUT2D eigenvalue weighted by molar-refractivity contribution is 6.30. The summed E-state index contributed by atoms with van der Waals surface area (Å²) in [6.45, 7) is 4.58. The van der Waals surface area contributed by atoms with Gasteiger partial charge in [-0.05, 0) is 30.5 Å². The Morgan fingerprint density at radius 3 is 2.21 bits per heavy atom. The third kappa shape index (κ3) is 2.67. The van der Waals surface area contributed by atoms with E-state index in [-0.39, 0.29) is 5.54 Å². The summed E-state index contributed by atoms with van der Waals surface area (Å²) in [5.41, 5.74) is 1.74. The fourth-order valence-corrected chi connectivity index (χ4v) is 3.90. The summed E-state index contributed by atoms with van der Waals surface area (Å²) in [6, 6.07) is 8.59. The molecule has 0 atom stereocenters. The van der Waals surface area contributed by atoms with Crippen molar-refractivity contribution in [2.24, 2.45) is 0 Å². The van der Waals surface area contributed by atoms with Crippen molar-refractivity contribution >= 4 is 11.6 Å². The lowest BCUT2D eigenvalue weighted by Gasteiger charge is -2.48. The molecule has 2 aliphatic rings. The van der Waals surface area contributed by atoms with Crippen molar-refractivity contribution < 1.29 is 0 Å². The fraction of sp³-hybridized carbons (Fsp3) is 0.625. The van der Waals surface area contributed by atoms with E-state index in [4.69, 9.17) is 11.6 Å². The molecular formula is C16H23ClN2.